The van der Waals surface area contributed by atoms with Crippen LogP contribution in [0.5, 0.6) is 0 Å². The molecule has 3 rings (SSSR count). The molecule has 22 heavy (non-hydrogen) atoms. The second-order valence-corrected chi connectivity index (χ2v) is 6.82. The van der Waals surface area contributed by atoms with Crippen molar-refractivity contribution in [1.82, 2.24) is 9.88 Å². The van der Waals surface area contributed by atoms with Crippen LogP contribution in [0.2, 0.25) is 0 Å². The van der Waals surface area contributed by atoms with Crippen LogP contribution in [0.25, 0.3) is 0 Å². The first kappa shape index (κ1) is 15.1. The van der Waals surface area contributed by atoms with Crippen molar-refractivity contribution in [2.45, 2.75) is 39.0 Å². The summed E-state index contributed by atoms with van der Waals surface area (Å²) >= 11 is 0. The lowest BCUT2D eigenvalue weighted by molar-refractivity contribution is -0.143. The summed E-state index contributed by atoms with van der Waals surface area (Å²) in [6.07, 6.45) is 7.50. The van der Waals surface area contributed by atoms with Gasteiger partial charge >= 0.3 is 0 Å². The van der Waals surface area contributed by atoms with E-state index in [1.54, 1.807) is 6.20 Å². The zero-order valence-corrected chi connectivity index (χ0v) is 13.4. The molecular formula is C17H26N4O. The van der Waals surface area contributed by atoms with Gasteiger partial charge in [-0.05, 0) is 25.0 Å². The summed E-state index contributed by atoms with van der Waals surface area (Å²) in [6, 6.07) is 3.73. The highest BCUT2D eigenvalue weighted by Gasteiger charge is 2.38. The number of hydrogen-bond donors (Lipinski definition) is 1. The molecule has 0 atom stereocenters. The normalized spacial score (nSPS) is 21.7. The van der Waals surface area contributed by atoms with Crippen LogP contribution < -0.4 is 10.6 Å². The molecule has 0 unspecified atom stereocenters. The Labute approximate surface area is 132 Å². The third kappa shape index (κ3) is 2.89. The number of nitrogens with two attached hydrogens (primary N) is 1. The molecule has 120 valence electrons. The van der Waals surface area contributed by atoms with Gasteiger partial charge in [0.1, 0.15) is 0 Å². The lowest BCUT2D eigenvalue weighted by Gasteiger charge is -2.41. The number of pyridine rings is 1. The molecule has 5 nitrogen and oxygen atoms in total. The highest BCUT2D eigenvalue weighted by Crippen LogP contribution is 2.37. The summed E-state index contributed by atoms with van der Waals surface area (Å²) in [6.45, 7) is 5.30. The maximum Gasteiger partial charge on any atom is 0.228 e. The molecular weight excluding hydrogens is 276 g/mol. The van der Waals surface area contributed by atoms with Gasteiger partial charge in [0.25, 0.3) is 0 Å². The van der Waals surface area contributed by atoms with Crippen LogP contribution in [0.15, 0.2) is 18.3 Å². The van der Waals surface area contributed by atoms with Crippen molar-refractivity contribution in [3.05, 3.63) is 18.3 Å². The molecule has 1 saturated heterocycles. The van der Waals surface area contributed by atoms with Gasteiger partial charge < -0.3 is 15.5 Å². The van der Waals surface area contributed by atoms with Crippen LogP contribution in [0, 0.1) is 5.41 Å². The number of anilines is 2. The third-order valence-electron chi connectivity index (χ3n) is 5.16. The van der Waals surface area contributed by atoms with Gasteiger partial charge in [0, 0.05) is 37.8 Å². The fourth-order valence-electron chi connectivity index (χ4n) is 3.72. The number of carbonyl (C=O) groups excluding carboxylic acids is 1. The number of amides is 1. The van der Waals surface area contributed by atoms with Gasteiger partial charge in [-0.2, -0.15) is 0 Å². The molecule has 1 aromatic heterocycles. The van der Waals surface area contributed by atoms with E-state index >= 15 is 0 Å². The van der Waals surface area contributed by atoms with Crippen molar-refractivity contribution in [2.24, 2.45) is 5.41 Å². The standard InChI is InChI=1S/C17H26N4O/c1-17(7-3-2-4-8-17)16(22)21-12-10-20(11-13-21)15-14(18)6-5-9-19-15/h5-6,9H,2-4,7-8,10-13,18H2,1H3. The zero-order valence-electron chi connectivity index (χ0n) is 13.4. The molecule has 1 aromatic rings. The molecule has 0 aromatic carbocycles. The Kier molecular flexibility index (Phi) is 4.23. The number of carbonyl (C=O) groups is 1. The molecule has 1 amide bonds. The van der Waals surface area contributed by atoms with Gasteiger partial charge in [-0.15, -0.1) is 0 Å². The molecule has 2 N–H and O–H groups in total. The maximum absolute atomic E-state index is 12.9. The fraction of sp³-hybridized carbons (Fsp3) is 0.647. The fourth-order valence-corrected chi connectivity index (χ4v) is 3.72. The summed E-state index contributed by atoms with van der Waals surface area (Å²) in [5, 5.41) is 0. The predicted octanol–water partition coefficient (Wildman–Crippen LogP) is 2.28. The lowest BCUT2D eigenvalue weighted by Crippen LogP contribution is -2.53. The number of piperazine rings is 1. The highest BCUT2D eigenvalue weighted by molar-refractivity contribution is 5.82. The largest absolute Gasteiger partial charge is 0.396 e. The van der Waals surface area contributed by atoms with Gasteiger partial charge in [0.15, 0.2) is 5.82 Å². The van der Waals surface area contributed by atoms with Gasteiger partial charge in [-0.3, -0.25) is 4.79 Å². The van der Waals surface area contributed by atoms with E-state index in [1.165, 1.54) is 19.3 Å². The van der Waals surface area contributed by atoms with E-state index in [1.807, 2.05) is 17.0 Å². The molecule has 1 aliphatic heterocycles. The quantitative estimate of drug-likeness (QED) is 0.910. The minimum absolute atomic E-state index is 0.134. The Morgan fingerprint density at radius 1 is 1.18 bits per heavy atom. The Hall–Kier alpha value is -1.78. The molecule has 5 heteroatoms. The topological polar surface area (TPSA) is 62.5 Å². The van der Waals surface area contributed by atoms with Crippen LogP contribution >= 0.6 is 0 Å². The minimum Gasteiger partial charge on any atom is -0.396 e. The van der Waals surface area contributed by atoms with Gasteiger partial charge in [0.2, 0.25) is 5.91 Å². The maximum atomic E-state index is 12.9. The zero-order chi connectivity index (χ0) is 15.6. The van der Waals surface area contributed by atoms with E-state index in [4.69, 9.17) is 5.73 Å². The Morgan fingerprint density at radius 3 is 2.50 bits per heavy atom. The Balaban J connectivity index is 1.62. The van der Waals surface area contributed by atoms with Gasteiger partial charge in [-0.25, -0.2) is 4.98 Å². The van der Waals surface area contributed by atoms with Crippen molar-refractivity contribution in [3.8, 4) is 0 Å². The summed E-state index contributed by atoms with van der Waals surface area (Å²) in [5.41, 5.74) is 6.57. The summed E-state index contributed by atoms with van der Waals surface area (Å²) < 4.78 is 0. The van der Waals surface area contributed by atoms with Crippen LogP contribution in [-0.2, 0) is 4.79 Å². The molecule has 2 aliphatic rings. The van der Waals surface area contributed by atoms with Crippen LogP contribution in [-0.4, -0.2) is 42.0 Å². The number of hydrogen-bond acceptors (Lipinski definition) is 4. The van der Waals surface area contributed by atoms with E-state index in [2.05, 4.69) is 16.8 Å². The van der Waals surface area contributed by atoms with Crippen molar-refractivity contribution in [2.75, 3.05) is 36.8 Å². The molecule has 0 bridgehead atoms. The molecule has 2 fully saturated rings. The van der Waals surface area contributed by atoms with E-state index in [9.17, 15) is 4.79 Å². The number of nitrogens with zero attached hydrogens (tertiary/aromatic N) is 3. The monoisotopic (exact) mass is 302 g/mol. The second-order valence-electron chi connectivity index (χ2n) is 6.82. The van der Waals surface area contributed by atoms with Crippen LogP contribution in [0.1, 0.15) is 39.0 Å². The average Bonchev–Trinajstić information content (AvgIpc) is 2.55. The molecule has 1 aliphatic carbocycles. The van der Waals surface area contributed by atoms with Crippen molar-refractivity contribution < 1.29 is 4.79 Å². The summed E-state index contributed by atoms with van der Waals surface area (Å²) in [7, 11) is 0. The average molecular weight is 302 g/mol. The molecule has 1 saturated carbocycles. The highest BCUT2D eigenvalue weighted by atomic mass is 16.2. The van der Waals surface area contributed by atoms with Crippen molar-refractivity contribution in [3.63, 3.8) is 0 Å². The van der Waals surface area contributed by atoms with Gasteiger partial charge in [0.05, 0.1) is 5.69 Å². The van der Waals surface area contributed by atoms with E-state index < -0.39 is 0 Å². The van der Waals surface area contributed by atoms with E-state index in [-0.39, 0.29) is 5.41 Å². The Bertz CT molecular complexity index is 531. The number of nitrogen functional groups attached to an aromatic ring is 1. The molecule has 0 radical (unpaired) electrons. The number of rotatable bonds is 2. The van der Waals surface area contributed by atoms with Crippen LogP contribution in [0.4, 0.5) is 11.5 Å². The molecule has 2 heterocycles. The third-order valence-corrected chi connectivity index (χ3v) is 5.16. The first-order chi connectivity index (χ1) is 10.6. The second kappa shape index (κ2) is 6.15. The summed E-state index contributed by atoms with van der Waals surface area (Å²) in [5.74, 6) is 1.19. The first-order valence-electron chi connectivity index (χ1n) is 8.35. The van der Waals surface area contributed by atoms with Crippen LogP contribution in [0.3, 0.4) is 0 Å². The van der Waals surface area contributed by atoms with E-state index in [0.717, 1.165) is 44.8 Å². The summed E-state index contributed by atoms with van der Waals surface area (Å²) in [4.78, 5) is 21.5. The van der Waals surface area contributed by atoms with Crippen molar-refractivity contribution in [1.29, 1.82) is 0 Å². The predicted molar refractivity (Wildman–Crippen MR) is 88.6 cm³/mol. The van der Waals surface area contributed by atoms with Gasteiger partial charge in [-0.1, -0.05) is 26.2 Å². The lowest BCUT2D eigenvalue weighted by atomic mass is 9.74. The molecule has 0 spiro atoms. The van der Waals surface area contributed by atoms with Crippen molar-refractivity contribution >= 4 is 17.4 Å². The SMILES string of the molecule is CC1(C(=O)N2CCN(c3ncccc3N)CC2)CCCCC1. The Morgan fingerprint density at radius 2 is 1.86 bits per heavy atom. The van der Waals surface area contributed by atoms with E-state index in [0.29, 0.717) is 11.6 Å². The number of aromatic nitrogens is 1. The minimum atomic E-state index is -0.134. The smallest absolute Gasteiger partial charge is 0.228 e. The first-order valence-corrected chi connectivity index (χ1v) is 8.35.